The summed E-state index contributed by atoms with van der Waals surface area (Å²) < 4.78 is 14.1. The first-order chi connectivity index (χ1) is 34.8. The van der Waals surface area contributed by atoms with Crippen LogP contribution in [0.15, 0.2) is 77.4 Å². The number of fused-ring (bicyclic) bond motifs is 3. The van der Waals surface area contributed by atoms with E-state index in [0.29, 0.717) is 35.3 Å². The van der Waals surface area contributed by atoms with Gasteiger partial charge >= 0.3 is 0 Å². The number of thiophene rings is 1. The molecule has 0 bridgehead atoms. The fourth-order valence-electron chi connectivity index (χ4n) is 10.2. The number of benzene rings is 2. The Hall–Kier alpha value is -6.14. The molecule has 0 radical (unpaired) electrons. The molecule has 5 heterocycles. The second kappa shape index (κ2) is 21.4. The first-order valence-electron chi connectivity index (χ1n) is 24.8. The number of rotatable bonds is 17. The first kappa shape index (κ1) is 51.7. The number of nitrogens with one attached hydrogen (secondary N) is 2. The Bertz CT molecular complexity index is 3060. The zero-order chi connectivity index (χ0) is 51.9. The number of aromatic nitrogens is 5. The van der Waals surface area contributed by atoms with Gasteiger partial charge in [-0.1, -0.05) is 68.8 Å². The number of aliphatic hydroxyl groups excluding tert-OH is 1. The highest BCUT2D eigenvalue weighted by molar-refractivity contribution is 7.15. The molecule has 2 amide bonds. The van der Waals surface area contributed by atoms with Gasteiger partial charge in [0.2, 0.25) is 17.7 Å². The van der Waals surface area contributed by atoms with Crippen LogP contribution in [0.2, 0.25) is 5.02 Å². The monoisotopic (exact) mass is 1040 g/mol. The standard InChI is InChI=1S/C55H61ClN8O7S2/c1-28-31(4)73-54-48(28)49(34-13-15-36(56)16-14-34)61-45(52-63-62-32(5)64(52)54)25-46(67)60-37-19-41(20-37)71-47-24-40(17-18-57-47)70-26-39(66)23-44(55(6,7)8)50(68)42-21-38(65)22-43(42)53(69)59-29(2)33-9-11-35(12-10-33)51-30(3)58-27-72-51/h9-18,24,27,29,37-38,41-45,65H,19-23,25-26H2,1-8H3,(H,59,69)(H,60,67)/t29-,37?,38-,41?,42?,43+,44+,45-/m0/s1. The van der Waals surface area contributed by atoms with Gasteiger partial charge in [0.25, 0.3) is 0 Å². The van der Waals surface area contributed by atoms with Gasteiger partial charge in [-0.3, -0.25) is 28.7 Å². The fourth-order valence-corrected chi connectivity index (χ4v) is 12.3. The maximum atomic E-state index is 14.4. The van der Waals surface area contributed by atoms with E-state index in [-0.39, 0.29) is 73.9 Å². The molecule has 9 rings (SSSR count). The Morgan fingerprint density at radius 3 is 2.33 bits per heavy atom. The second-order valence-electron chi connectivity index (χ2n) is 20.7. The van der Waals surface area contributed by atoms with E-state index in [9.17, 15) is 24.3 Å². The average Bonchev–Trinajstić information content (AvgIpc) is 4.11. The van der Waals surface area contributed by atoms with Crippen molar-refractivity contribution in [2.24, 2.45) is 28.2 Å². The maximum Gasteiger partial charge on any atom is 0.224 e. The minimum atomic E-state index is -0.810. The summed E-state index contributed by atoms with van der Waals surface area (Å²) in [7, 11) is 0. The minimum Gasteiger partial charge on any atom is -0.486 e. The van der Waals surface area contributed by atoms with Crippen molar-refractivity contribution in [3.05, 3.63) is 122 Å². The fraction of sp³-hybridized carbons (Fsp3) is 0.436. The third kappa shape index (κ3) is 11.3. The molecule has 4 aromatic heterocycles. The normalized spacial score (nSPS) is 21.2. The number of aliphatic imine (C=N–C) groups is 1. The van der Waals surface area contributed by atoms with Crippen molar-refractivity contribution in [3.63, 3.8) is 0 Å². The Morgan fingerprint density at radius 1 is 0.918 bits per heavy atom. The number of ketones is 2. The van der Waals surface area contributed by atoms with Crippen molar-refractivity contribution >= 4 is 63.4 Å². The summed E-state index contributed by atoms with van der Waals surface area (Å²) >= 11 is 9.51. The molecule has 6 atom stereocenters. The second-order valence-corrected chi connectivity index (χ2v) is 23.2. The van der Waals surface area contributed by atoms with E-state index in [2.05, 4.69) is 44.6 Å². The van der Waals surface area contributed by atoms with Crippen molar-refractivity contribution in [1.82, 2.24) is 35.4 Å². The van der Waals surface area contributed by atoms with E-state index in [1.54, 1.807) is 41.0 Å². The molecule has 15 nitrogen and oxygen atoms in total. The number of carbonyl (C=O) groups excluding carboxylic acids is 4. The molecule has 3 aliphatic rings. The summed E-state index contributed by atoms with van der Waals surface area (Å²) in [5.41, 5.74) is 7.94. The van der Waals surface area contributed by atoms with Crippen LogP contribution in [0.3, 0.4) is 0 Å². The molecular weight excluding hydrogens is 984 g/mol. The minimum absolute atomic E-state index is 0.0703. The summed E-state index contributed by atoms with van der Waals surface area (Å²) in [6.07, 6.45) is 1.96. The lowest BCUT2D eigenvalue weighted by molar-refractivity contribution is -0.139. The molecule has 2 saturated carbocycles. The van der Waals surface area contributed by atoms with Gasteiger partial charge in [-0.25, -0.2) is 9.97 Å². The van der Waals surface area contributed by atoms with Gasteiger partial charge in [-0.15, -0.1) is 32.9 Å². The van der Waals surface area contributed by atoms with Gasteiger partial charge < -0.3 is 25.2 Å². The zero-order valence-corrected chi connectivity index (χ0v) is 44.7. The van der Waals surface area contributed by atoms with E-state index in [0.717, 1.165) is 59.8 Å². The molecule has 3 N–H and O–H groups in total. The molecule has 382 valence electrons. The quantitative estimate of drug-likeness (QED) is 0.0786. The van der Waals surface area contributed by atoms with Crippen LogP contribution in [-0.2, 0) is 19.2 Å². The van der Waals surface area contributed by atoms with Crippen LogP contribution in [0.1, 0.15) is 123 Å². The van der Waals surface area contributed by atoms with E-state index in [1.807, 2.05) is 100 Å². The highest BCUT2D eigenvalue weighted by atomic mass is 35.5. The van der Waals surface area contributed by atoms with E-state index >= 15 is 0 Å². The maximum absolute atomic E-state index is 14.4. The number of pyridine rings is 1. The van der Waals surface area contributed by atoms with Gasteiger partial charge in [0.1, 0.15) is 41.1 Å². The number of aliphatic hydroxyl groups is 1. The predicted molar refractivity (Wildman–Crippen MR) is 282 cm³/mol. The van der Waals surface area contributed by atoms with Gasteiger partial charge in [-0.2, -0.15) is 0 Å². The predicted octanol–water partition coefficient (Wildman–Crippen LogP) is 9.58. The number of thiazole rings is 1. The lowest BCUT2D eigenvalue weighted by Gasteiger charge is -2.35. The van der Waals surface area contributed by atoms with Gasteiger partial charge in [0, 0.05) is 70.4 Å². The number of ether oxygens (including phenoxy) is 2. The topological polar surface area (TPSA) is 200 Å². The number of carbonyl (C=O) groups is 4. The molecule has 2 aromatic carbocycles. The lowest BCUT2D eigenvalue weighted by atomic mass is 9.70. The summed E-state index contributed by atoms with van der Waals surface area (Å²) in [6, 6.07) is 17.8. The van der Waals surface area contributed by atoms with Crippen LogP contribution in [0, 0.1) is 50.9 Å². The summed E-state index contributed by atoms with van der Waals surface area (Å²) in [6.45, 7) is 15.4. The molecule has 0 spiro atoms. The van der Waals surface area contributed by atoms with Crippen molar-refractivity contribution in [3.8, 4) is 27.1 Å². The Morgan fingerprint density at radius 2 is 1.63 bits per heavy atom. The van der Waals surface area contributed by atoms with Crippen LogP contribution in [0.5, 0.6) is 11.6 Å². The van der Waals surface area contributed by atoms with Crippen LogP contribution >= 0.6 is 34.3 Å². The number of halogens is 1. The SMILES string of the molecule is Cc1ncsc1-c1ccc([C@H](C)NC(=O)[C@@H]2C[C@@H](O)CC2C(=O)[C@@H](CC(=O)COc2ccnc(OC3CC(NC(=O)C[C@@H]4N=C(c5ccc(Cl)cc5)c5c(sc(C)c5C)-n5c(C)nnc54)C3)c2)C(C)(C)C)cc1. The Balaban J connectivity index is 0.767. The Kier molecular flexibility index (Phi) is 15.2. The summed E-state index contributed by atoms with van der Waals surface area (Å²) in [5.74, 6) is -1.09. The van der Waals surface area contributed by atoms with Crippen molar-refractivity contribution in [2.45, 2.75) is 124 Å². The van der Waals surface area contributed by atoms with Gasteiger partial charge in [0.05, 0.1) is 46.3 Å². The third-order valence-corrected chi connectivity index (χ3v) is 16.8. The Labute approximate surface area is 438 Å². The third-order valence-electron chi connectivity index (χ3n) is 14.4. The molecular formula is C55H61ClN8O7S2. The first-order valence-corrected chi connectivity index (χ1v) is 26.8. The molecule has 1 unspecified atom stereocenters. The highest BCUT2D eigenvalue weighted by Crippen LogP contribution is 2.42. The van der Waals surface area contributed by atoms with Crippen molar-refractivity contribution in [2.75, 3.05) is 6.61 Å². The van der Waals surface area contributed by atoms with Crippen LogP contribution in [0.4, 0.5) is 0 Å². The van der Waals surface area contributed by atoms with Gasteiger partial charge in [0.15, 0.2) is 11.6 Å². The summed E-state index contributed by atoms with van der Waals surface area (Å²) in [5, 5.41) is 27.6. The zero-order valence-electron chi connectivity index (χ0n) is 42.3. The number of hydrogen-bond acceptors (Lipinski definition) is 14. The lowest BCUT2D eigenvalue weighted by Crippen LogP contribution is -2.49. The van der Waals surface area contributed by atoms with Crippen LogP contribution in [0.25, 0.3) is 15.4 Å². The van der Waals surface area contributed by atoms with E-state index in [4.69, 9.17) is 26.1 Å². The van der Waals surface area contributed by atoms with Gasteiger partial charge in [-0.05, 0) is 87.8 Å². The largest absolute Gasteiger partial charge is 0.486 e. The van der Waals surface area contributed by atoms with E-state index in [1.165, 1.54) is 0 Å². The molecule has 18 heteroatoms. The molecule has 0 saturated heterocycles. The van der Waals surface area contributed by atoms with Crippen molar-refractivity contribution < 1.29 is 33.8 Å². The number of hydrogen-bond donors (Lipinski definition) is 3. The number of Topliss-reactive ketones (excluding diaryl/α,β-unsaturated/α-hetero) is 2. The van der Waals surface area contributed by atoms with Crippen LogP contribution < -0.4 is 20.1 Å². The van der Waals surface area contributed by atoms with Crippen molar-refractivity contribution in [1.29, 1.82) is 0 Å². The smallest absolute Gasteiger partial charge is 0.224 e. The molecule has 1 aliphatic heterocycles. The summed E-state index contributed by atoms with van der Waals surface area (Å²) in [4.78, 5) is 71.7. The highest BCUT2D eigenvalue weighted by Gasteiger charge is 2.47. The molecule has 2 aliphatic carbocycles. The number of aryl methyl sites for hydroxylation is 3. The number of nitrogens with zero attached hydrogens (tertiary/aromatic N) is 6. The molecule has 73 heavy (non-hydrogen) atoms. The molecule has 2 fully saturated rings. The average molecular weight is 1050 g/mol. The van der Waals surface area contributed by atoms with E-state index < -0.39 is 35.3 Å². The number of amides is 2. The van der Waals surface area contributed by atoms with Crippen LogP contribution in [-0.4, -0.2) is 83.8 Å². The molecule has 6 aromatic rings.